The molecule has 0 unspecified atom stereocenters. The molecule has 0 bridgehead atoms. The topological polar surface area (TPSA) is 43.4 Å². The summed E-state index contributed by atoms with van der Waals surface area (Å²) in [5, 5.41) is 0. The Balaban J connectivity index is 1.94. The lowest BCUT2D eigenvalue weighted by atomic mass is 10.0. The van der Waals surface area contributed by atoms with E-state index >= 15 is 0 Å². The van der Waals surface area contributed by atoms with Crippen LogP contribution in [-0.2, 0) is 10.1 Å². The van der Waals surface area contributed by atoms with Gasteiger partial charge in [-0.15, -0.1) is 0 Å². The van der Waals surface area contributed by atoms with E-state index in [0.29, 0.717) is 5.75 Å². The normalized spacial score (nSPS) is 14.4. The van der Waals surface area contributed by atoms with E-state index in [1.165, 1.54) is 0 Å². The molecular weight excluding hydrogens is 296 g/mol. The molecule has 4 heteroatoms. The second kappa shape index (κ2) is 5.81. The molecule has 112 valence electrons. The first-order valence-corrected chi connectivity index (χ1v) is 8.42. The van der Waals surface area contributed by atoms with E-state index in [9.17, 15) is 8.42 Å². The molecule has 0 N–H and O–H groups in total. The lowest BCUT2D eigenvalue weighted by molar-refractivity contribution is 0.483. The van der Waals surface area contributed by atoms with Gasteiger partial charge in [0, 0.05) is 11.5 Å². The predicted molar refractivity (Wildman–Crippen MR) is 86.5 cm³/mol. The minimum absolute atomic E-state index is 0.0458. The molecule has 2 aromatic rings. The Morgan fingerprint density at radius 3 is 2.23 bits per heavy atom. The van der Waals surface area contributed by atoms with Crippen LogP contribution < -0.4 is 4.18 Å². The third-order valence-corrected chi connectivity index (χ3v) is 4.78. The van der Waals surface area contributed by atoms with Crippen molar-refractivity contribution in [1.29, 1.82) is 0 Å². The van der Waals surface area contributed by atoms with Crippen LogP contribution >= 0.6 is 0 Å². The molecule has 0 amide bonds. The second-order valence-corrected chi connectivity index (χ2v) is 6.73. The van der Waals surface area contributed by atoms with E-state index in [1.54, 1.807) is 36.4 Å². The summed E-state index contributed by atoms with van der Waals surface area (Å²) in [4.78, 5) is 0.158. The largest absolute Gasteiger partial charge is 0.379 e. The summed E-state index contributed by atoms with van der Waals surface area (Å²) in [6.45, 7) is 1.91. The zero-order valence-corrected chi connectivity index (χ0v) is 13.0. The van der Waals surface area contributed by atoms with Gasteiger partial charge in [-0.1, -0.05) is 60.2 Å². The maximum atomic E-state index is 12.4. The van der Waals surface area contributed by atoms with E-state index in [4.69, 9.17) is 4.18 Å². The van der Waals surface area contributed by atoms with Crippen molar-refractivity contribution in [3.8, 4) is 5.75 Å². The van der Waals surface area contributed by atoms with Crippen LogP contribution in [0.15, 0.2) is 77.7 Å². The summed E-state index contributed by atoms with van der Waals surface area (Å²) in [5.74, 6) is 0.411. The van der Waals surface area contributed by atoms with Crippen molar-refractivity contribution < 1.29 is 12.6 Å². The molecule has 3 nitrogen and oxygen atoms in total. The fraction of sp³-hybridized carbons (Fsp3) is 0.111. The van der Waals surface area contributed by atoms with E-state index in [0.717, 1.165) is 11.1 Å². The average molecular weight is 312 g/mol. The Kier molecular flexibility index (Phi) is 3.86. The summed E-state index contributed by atoms with van der Waals surface area (Å²) in [7, 11) is -3.83. The van der Waals surface area contributed by atoms with Gasteiger partial charge in [0.05, 0.1) is 0 Å². The van der Waals surface area contributed by atoms with Gasteiger partial charge in [0.15, 0.2) is 0 Å². The molecule has 0 fully saturated rings. The van der Waals surface area contributed by atoms with Gasteiger partial charge in [-0.25, -0.2) is 0 Å². The number of aryl methyl sites for hydroxylation is 1. The first-order valence-electron chi connectivity index (χ1n) is 7.01. The van der Waals surface area contributed by atoms with Crippen LogP contribution in [0.5, 0.6) is 5.75 Å². The number of rotatable bonds is 4. The maximum absolute atomic E-state index is 12.4. The van der Waals surface area contributed by atoms with Gasteiger partial charge >= 0.3 is 10.1 Å². The Hall–Kier alpha value is -2.33. The summed E-state index contributed by atoms with van der Waals surface area (Å²) in [5.41, 5.74) is 1.84. The van der Waals surface area contributed by atoms with Crippen molar-refractivity contribution in [3.05, 3.63) is 84.0 Å². The van der Waals surface area contributed by atoms with E-state index in [-0.39, 0.29) is 10.8 Å². The lowest BCUT2D eigenvalue weighted by Crippen LogP contribution is -2.11. The lowest BCUT2D eigenvalue weighted by Gasteiger charge is -2.14. The van der Waals surface area contributed by atoms with Crippen LogP contribution in [-0.4, -0.2) is 8.42 Å². The van der Waals surface area contributed by atoms with Crippen LogP contribution in [0.25, 0.3) is 0 Å². The second-order valence-electron chi connectivity index (χ2n) is 5.18. The van der Waals surface area contributed by atoms with Crippen molar-refractivity contribution in [2.45, 2.75) is 17.7 Å². The molecule has 0 atom stereocenters. The first kappa shape index (κ1) is 14.6. The molecule has 22 heavy (non-hydrogen) atoms. The highest BCUT2D eigenvalue weighted by Crippen LogP contribution is 2.32. The summed E-state index contributed by atoms with van der Waals surface area (Å²) >= 11 is 0. The number of allylic oxidation sites excluding steroid dienone is 4. The Morgan fingerprint density at radius 2 is 1.55 bits per heavy atom. The summed E-state index contributed by atoms with van der Waals surface area (Å²) < 4.78 is 30.2. The Bertz CT molecular complexity index is 819. The van der Waals surface area contributed by atoms with E-state index < -0.39 is 10.1 Å². The van der Waals surface area contributed by atoms with Crippen molar-refractivity contribution in [3.63, 3.8) is 0 Å². The first-order chi connectivity index (χ1) is 10.6. The number of para-hydroxylation sites is 1. The molecule has 0 spiro atoms. The zero-order chi connectivity index (χ0) is 15.6. The standard InChI is InChI=1S/C18H16O3S/c1-14-10-12-16(13-11-14)22(19,20)21-18-9-5-4-8-17(18)15-6-2-3-7-15/h2-13,15H,1H3. The molecule has 1 aliphatic rings. The number of hydrogen-bond donors (Lipinski definition) is 0. The number of benzene rings is 2. The van der Waals surface area contributed by atoms with E-state index in [1.807, 2.05) is 43.4 Å². The van der Waals surface area contributed by atoms with Crippen molar-refractivity contribution in [1.82, 2.24) is 0 Å². The SMILES string of the molecule is Cc1ccc(S(=O)(=O)Oc2ccccc2C2C=CC=C2)cc1. The fourth-order valence-corrected chi connectivity index (χ4v) is 3.30. The monoisotopic (exact) mass is 312 g/mol. The summed E-state index contributed by atoms with van der Waals surface area (Å²) in [6.07, 6.45) is 7.88. The van der Waals surface area contributed by atoms with Gasteiger partial charge in [0.25, 0.3) is 0 Å². The molecule has 0 saturated heterocycles. The molecule has 1 aliphatic carbocycles. The highest BCUT2D eigenvalue weighted by Gasteiger charge is 2.20. The van der Waals surface area contributed by atoms with Gasteiger partial charge in [0.1, 0.15) is 10.6 Å². The number of hydrogen-bond acceptors (Lipinski definition) is 3. The van der Waals surface area contributed by atoms with Crippen LogP contribution in [0.3, 0.4) is 0 Å². The predicted octanol–water partition coefficient (Wildman–Crippen LogP) is 3.97. The Morgan fingerprint density at radius 1 is 0.909 bits per heavy atom. The van der Waals surface area contributed by atoms with E-state index in [2.05, 4.69) is 0 Å². The molecule has 2 aromatic carbocycles. The van der Waals surface area contributed by atoms with Gasteiger partial charge in [-0.05, 0) is 25.1 Å². The maximum Gasteiger partial charge on any atom is 0.339 e. The van der Waals surface area contributed by atoms with Crippen LogP contribution in [0.4, 0.5) is 0 Å². The minimum Gasteiger partial charge on any atom is -0.379 e. The molecule has 0 aliphatic heterocycles. The fourth-order valence-electron chi connectivity index (χ4n) is 2.34. The third-order valence-electron chi connectivity index (χ3n) is 3.54. The van der Waals surface area contributed by atoms with Crippen LogP contribution in [0, 0.1) is 6.92 Å². The summed E-state index contributed by atoms with van der Waals surface area (Å²) in [6, 6.07) is 13.8. The van der Waals surface area contributed by atoms with Gasteiger partial charge in [-0.3, -0.25) is 0 Å². The quantitative estimate of drug-likeness (QED) is 0.802. The van der Waals surface area contributed by atoms with Crippen molar-refractivity contribution in [2.75, 3.05) is 0 Å². The smallest absolute Gasteiger partial charge is 0.339 e. The Labute approximate surface area is 130 Å². The highest BCUT2D eigenvalue weighted by molar-refractivity contribution is 7.87. The van der Waals surface area contributed by atoms with Gasteiger partial charge in [-0.2, -0.15) is 8.42 Å². The molecule has 0 saturated carbocycles. The van der Waals surface area contributed by atoms with Gasteiger partial charge < -0.3 is 4.18 Å². The average Bonchev–Trinajstić information content (AvgIpc) is 3.02. The van der Waals surface area contributed by atoms with Crippen LogP contribution in [0.2, 0.25) is 0 Å². The minimum atomic E-state index is -3.83. The molecule has 0 heterocycles. The van der Waals surface area contributed by atoms with Gasteiger partial charge in [0.2, 0.25) is 0 Å². The molecule has 3 rings (SSSR count). The third kappa shape index (κ3) is 2.97. The molecule has 0 aromatic heterocycles. The molecular formula is C18H16O3S. The van der Waals surface area contributed by atoms with Crippen LogP contribution in [0.1, 0.15) is 17.0 Å². The van der Waals surface area contributed by atoms with Crippen molar-refractivity contribution >= 4 is 10.1 Å². The van der Waals surface area contributed by atoms with Crippen molar-refractivity contribution in [2.24, 2.45) is 0 Å². The zero-order valence-electron chi connectivity index (χ0n) is 12.1. The highest BCUT2D eigenvalue weighted by atomic mass is 32.2. The molecule has 0 radical (unpaired) electrons.